The molecule has 0 saturated heterocycles. The number of anilines is 1. The van der Waals surface area contributed by atoms with Gasteiger partial charge in [-0.2, -0.15) is 0 Å². The van der Waals surface area contributed by atoms with Gasteiger partial charge in [-0.15, -0.1) is 0 Å². The molecule has 0 aliphatic heterocycles. The lowest BCUT2D eigenvalue weighted by Gasteiger charge is -2.11. The lowest BCUT2D eigenvalue weighted by atomic mass is 10.0. The number of nitrogens with one attached hydrogen (secondary N) is 1. The van der Waals surface area contributed by atoms with E-state index in [1.54, 1.807) is 30.3 Å². The van der Waals surface area contributed by atoms with Gasteiger partial charge in [-0.3, -0.25) is 9.59 Å². The average molecular weight is 340 g/mol. The first-order valence-electron chi connectivity index (χ1n) is 7.32. The van der Waals surface area contributed by atoms with E-state index in [0.29, 0.717) is 22.0 Å². The smallest absolute Gasteiger partial charge is 0.262 e. The summed E-state index contributed by atoms with van der Waals surface area (Å²) in [5, 5.41) is 5.03. The Morgan fingerprint density at radius 3 is 2.54 bits per heavy atom. The number of aldehydes is 1. The number of carbonyl (C=O) groups is 2. The number of rotatable bonds is 5. The summed E-state index contributed by atoms with van der Waals surface area (Å²) in [6, 6.07) is 17.8. The van der Waals surface area contributed by atoms with Crippen LogP contribution in [-0.2, 0) is 4.79 Å². The van der Waals surface area contributed by atoms with Crippen LogP contribution in [0.1, 0.15) is 10.4 Å². The average Bonchev–Trinajstić information content (AvgIpc) is 2.61. The fourth-order valence-electron chi connectivity index (χ4n) is 2.40. The van der Waals surface area contributed by atoms with E-state index in [0.717, 1.165) is 17.1 Å². The first-order chi connectivity index (χ1) is 11.7. The number of hydrogen-bond donors (Lipinski definition) is 1. The second-order valence-electron chi connectivity index (χ2n) is 5.16. The molecule has 0 radical (unpaired) electrons. The number of carbonyl (C=O) groups excluding carboxylic acids is 2. The molecular formula is C19H14ClNO3. The highest BCUT2D eigenvalue weighted by atomic mass is 35.5. The van der Waals surface area contributed by atoms with Gasteiger partial charge in [-0.25, -0.2) is 0 Å². The minimum atomic E-state index is -0.317. The number of fused-ring (bicyclic) bond motifs is 1. The maximum Gasteiger partial charge on any atom is 0.262 e. The van der Waals surface area contributed by atoms with E-state index in [-0.39, 0.29) is 12.5 Å². The summed E-state index contributed by atoms with van der Waals surface area (Å²) in [5.74, 6) is 0.0669. The lowest BCUT2D eigenvalue weighted by Crippen LogP contribution is -2.20. The summed E-state index contributed by atoms with van der Waals surface area (Å²) in [7, 11) is 0. The Bertz CT molecular complexity index is 891. The van der Waals surface area contributed by atoms with E-state index in [1.165, 1.54) is 0 Å². The molecule has 5 heteroatoms. The van der Waals surface area contributed by atoms with Crippen molar-refractivity contribution in [2.24, 2.45) is 0 Å². The molecule has 0 bridgehead atoms. The molecule has 1 N–H and O–H groups in total. The molecule has 0 fully saturated rings. The predicted octanol–water partition coefficient (Wildman–Crippen LogP) is 4.32. The molecule has 120 valence electrons. The molecule has 3 aromatic rings. The summed E-state index contributed by atoms with van der Waals surface area (Å²) in [4.78, 5) is 23.4. The van der Waals surface area contributed by atoms with Crippen LogP contribution in [0.3, 0.4) is 0 Å². The zero-order chi connectivity index (χ0) is 16.9. The summed E-state index contributed by atoms with van der Waals surface area (Å²) in [6.45, 7) is -0.193. The van der Waals surface area contributed by atoms with Crippen molar-refractivity contribution >= 4 is 40.3 Å². The molecule has 0 aliphatic rings. The van der Waals surface area contributed by atoms with E-state index in [2.05, 4.69) is 5.32 Å². The minimum Gasteiger partial charge on any atom is -0.483 e. The van der Waals surface area contributed by atoms with E-state index in [4.69, 9.17) is 16.3 Å². The van der Waals surface area contributed by atoms with Gasteiger partial charge in [-0.05, 0) is 41.1 Å². The SMILES string of the molecule is O=Cc1c(OCC(=O)Nc2ccc(Cl)cc2)ccc2ccccc12. The van der Waals surface area contributed by atoms with Crippen LogP contribution in [0, 0.1) is 0 Å². The van der Waals surface area contributed by atoms with Crippen molar-refractivity contribution in [1.29, 1.82) is 0 Å². The zero-order valence-electron chi connectivity index (χ0n) is 12.7. The van der Waals surface area contributed by atoms with Gasteiger partial charge in [0, 0.05) is 10.7 Å². The van der Waals surface area contributed by atoms with Crippen molar-refractivity contribution in [1.82, 2.24) is 0 Å². The Labute approximate surface area is 144 Å². The summed E-state index contributed by atoms with van der Waals surface area (Å²) < 4.78 is 5.52. The van der Waals surface area contributed by atoms with Crippen LogP contribution in [0.2, 0.25) is 5.02 Å². The highest BCUT2D eigenvalue weighted by molar-refractivity contribution is 6.30. The van der Waals surface area contributed by atoms with Crippen LogP contribution in [0.25, 0.3) is 10.8 Å². The molecule has 0 unspecified atom stereocenters. The Morgan fingerprint density at radius 2 is 1.79 bits per heavy atom. The molecule has 4 nitrogen and oxygen atoms in total. The van der Waals surface area contributed by atoms with Gasteiger partial charge in [0.05, 0.1) is 5.56 Å². The van der Waals surface area contributed by atoms with Gasteiger partial charge >= 0.3 is 0 Å². The largest absolute Gasteiger partial charge is 0.483 e. The van der Waals surface area contributed by atoms with E-state index < -0.39 is 0 Å². The monoisotopic (exact) mass is 339 g/mol. The molecule has 0 atom stereocenters. The first-order valence-corrected chi connectivity index (χ1v) is 7.70. The number of ether oxygens (including phenoxy) is 1. The molecule has 3 rings (SSSR count). The molecule has 1 amide bonds. The molecule has 0 heterocycles. The van der Waals surface area contributed by atoms with E-state index >= 15 is 0 Å². The lowest BCUT2D eigenvalue weighted by molar-refractivity contribution is -0.118. The zero-order valence-corrected chi connectivity index (χ0v) is 13.4. The fraction of sp³-hybridized carbons (Fsp3) is 0.0526. The standard InChI is InChI=1S/C19H14ClNO3/c20-14-6-8-15(9-7-14)21-19(23)12-24-18-10-5-13-3-1-2-4-16(13)17(18)11-22/h1-11H,12H2,(H,21,23). The van der Waals surface area contributed by atoms with Crippen LogP contribution in [0.5, 0.6) is 5.75 Å². The van der Waals surface area contributed by atoms with E-state index in [9.17, 15) is 9.59 Å². The van der Waals surface area contributed by atoms with Gasteiger partial charge in [0.1, 0.15) is 5.75 Å². The molecule has 3 aromatic carbocycles. The second kappa shape index (κ2) is 7.15. The van der Waals surface area contributed by atoms with Gasteiger partial charge in [-0.1, -0.05) is 41.9 Å². The summed E-state index contributed by atoms with van der Waals surface area (Å²) in [6.07, 6.45) is 0.745. The molecule has 0 spiro atoms. The third-order valence-corrected chi connectivity index (χ3v) is 3.79. The van der Waals surface area contributed by atoms with Crippen molar-refractivity contribution in [3.05, 3.63) is 71.2 Å². The van der Waals surface area contributed by atoms with Crippen LogP contribution in [0.4, 0.5) is 5.69 Å². The Morgan fingerprint density at radius 1 is 1.04 bits per heavy atom. The summed E-state index contributed by atoms with van der Waals surface area (Å²) >= 11 is 5.80. The van der Waals surface area contributed by atoms with Crippen molar-refractivity contribution in [2.75, 3.05) is 11.9 Å². The van der Waals surface area contributed by atoms with Crippen molar-refractivity contribution in [3.8, 4) is 5.75 Å². The van der Waals surface area contributed by atoms with Crippen LogP contribution >= 0.6 is 11.6 Å². The maximum atomic E-state index is 12.0. The third-order valence-electron chi connectivity index (χ3n) is 3.54. The summed E-state index contributed by atoms with van der Waals surface area (Å²) in [5.41, 5.74) is 1.06. The van der Waals surface area contributed by atoms with Crippen LogP contribution < -0.4 is 10.1 Å². The fourth-order valence-corrected chi connectivity index (χ4v) is 2.52. The highest BCUT2D eigenvalue weighted by Gasteiger charge is 2.10. The number of hydrogen-bond acceptors (Lipinski definition) is 3. The normalized spacial score (nSPS) is 10.4. The Hall–Kier alpha value is -2.85. The van der Waals surface area contributed by atoms with Crippen molar-refractivity contribution in [2.45, 2.75) is 0 Å². The van der Waals surface area contributed by atoms with Crippen molar-refractivity contribution in [3.63, 3.8) is 0 Å². The molecule has 24 heavy (non-hydrogen) atoms. The quantitative estimate of drug-likeness (QED) is 0.704. The van der Waals surface area contributed by atoms with Crippen LogP contribution in [-0.4, -0.2) is 18.8 Å². The van der Waals surface area contributed by atoms with Gasteiger partial charge in [0.2, 0.25) is 0 Å². The first kappa shape index (κ1) is 16.0. The van der Waals surface area contributed by atoms with Crippen LogP contribution in [0.15, 0.2) is 60.7 Å². The molecule has 0 aliphatic carbocycles. The topological polar surface area (TPSA) is 55.4 Å². The van der Waals surface area contributed by atoms with Crippen molar-refractivity contribution < 1.29 is 14.3 Å². The molecule has 0 aromatic heterocycles. The van der Waals surface area contributed by atoms with Gasteiger partial charge in [0.15, 0.2) is 12.9 Å². The second-order valence-corrected chi connectivity index (χ2v) is 5.60. The van der Waals surface area contributed by atoms with Gasteiger partial charge in [0.25, 0.3) is 5.91 Å². The number of amides is 1. The third kappa shape index (κ3) is 3.55. The number of halogens is 1. The Balaban J connectivity index is 1.72. The molecule has 0 saturated carbocycles. The highest BCUT2D eigenvalue weighted by Crippen LogP contribution is 2.26. The maximum absolute atomic E-state index is 12.0. The minimum absolute atomic E-state index is 0.193. The number of benzene rings is 3. The molecular weight excluding hydrogens is 326 g/mol. The Kier molecular flexibility index (Phi) is 4.77. The van der Waals surface area contributed by atoms with E-state index in [1.807, 2.05) is 30.3 Å². The van der Waals surface area contributed by atoms with Gasteiger partial charge < -0.3 is 10.1 Å². The predicted molar refractivity (Wildman–Crippen MR) is 94.9 cm³/mol.